The van der Waals surface area contributed by atoms with E-state index in [0.29, 0.717) is 83.5 Å². The molecule has 6 aromatic carbocycles. The van der Waals surface area contributed by atoms with Gasteiger partial charge in [-0.1, -0.05) is 0 Å². The van der Waals surface area contributed by atoms with Gasteiger partial charge in [-0.15, -0.1) is 0 Å². The van der Waals surface area contributed by atoms with E-state index in [1.54, 1.807) is 48.7 Å². The summed E-state index contributed by atoms with van der Waals surface area (Å²) in [6.07, 6.45) is 0. The molecule has 0 radical (unpaired) electrons. The van der Waals surface area contributed by atoms with Gasteiger partial charge in [-0.25, -0.2) is 0 Å². The maximum atomic E-state index is 12.3. The summed E-state index contributed by atoms with van der Waals surface area (Å²) < 4.78 is 41.9. The minimum Gasteiger partial charge on any atom is -0.507 e. The number of phenolic OH excluding ortho intramolecular Hbond substituents is 2. The molecule has 0 atom stereocenters. The molecule has 48 heavy (non-hydrogen) atoms. The Morgan fingerprint density at radius 3 is 1.50 bits per heavy atom. The standard InChI is InChI=1S/C39H36O9/c1-17-14-24(42-4)27-21(35(17)45-7)11-10-20(33(27)40)30-34(41)31-26(44-6)16-19(3)37(47-9)32(31)29-23-13-12-22-28(38(23)48-39(29)30)25(43-5)15-18(2)36(22)46-8/h10-16,40-41H,1-9H3. The zero-order valence-electron chi connectivity index (χ0n) is 28.3. The number of methoxy groups -OCH3 is 6. The third-order valence-corrected chi connectivity index (χ3v) is 9.35. The van der Waals surface area contributed by atoms with Crippen LogP contribution in [-0.4, -0.2) is 52.9 Å². The van der Waals surface area contributed by atoms with Crippen molar-refractivity contribution in [1.29, 1.82) is 0 Å². The number of hydrogen-bond acceptors (Lipinski definition) is 9. The molecular weight excluding hydrogens is 612 g/mol. The number of hydrogen-bond donors (Lipinski definition) is 2. The molecule has 0 aliphatic heterocycles. The summed E-state index contributed by atoms with van der Waals surface area (Å²) in [5.74, 6) is 3.08. The number of benzene rings is 6. The normalized spacial score (nSPS) is 11.6. The predicted molar refractivity (Wildman–Crippen MR) is 189 cm³/mol. The van der Waals surface area contributed by atoms with Gasteiger partial charge in [-0.3, -0.25) is 0 Å². The third kappa shape index (κ3) is 4.03. The van der Waals surface area contributed by atoms with Crippen LogP contribution in [0.3, 0.4) is 0 Å². The molecular formula is C39H36O9. The van der Waals surface area contributed by atoms with E-state index in [2.05, 4.69) is 0 Å². The van der Waals surface area contributed by atoms with Crippen LogP contribution in [0.25, 0.3) is 65.4 Å². The van der Waals surface area contributed by atoms with Crippen LogP contribution in [0.1, 0.15) is 16.7 Å². The fraction of sp³-hybridized carbons (Fsp3) is 0.231. The van der Waals surface area contributed by atoms with Gasteiger partial charge < -0.3 is 43.1 Å². The highest BCUT2D eigenvalue weighted by atomic mass is 16.5. The van der Waals surface area contributed by atoms with Crippen LogP contribution in [-0.2, 0) is 0 Å². The van der Waals surface area contributed by atoms with Crippen molar-refractivity contribution in [2.24, 2.45) is 0 Å². The summed E-state index contributed by atoms with van der Waals surface area (Å²) in [7, 11) is 9.53. The molecule has 246 valence electrons. The number of rotatable bonds is 7. The maximum absolute atomic E-state index is 12.3. The molecule has 0 bridgehead atoms. The second-order valence-electron chi connectivity index (χ2n) is 11.8. The van der Waals surface area contributed by atoms with Crippen molar-refractivity contribution in [3.63, 3.8) is 0 Å². The average Bonchev–Trinajstić information content (AvgIpc) is 3.47. The van der Waals surface area contributed by atoms with Gasteiger partial charge in [0.2, 0.25) is 0 Å². The lowest BCUT2D eigenvalue weighted by Crippen LogP contribution is -1.96. The Hall–Kier alpha value is -5.70. The fourth-order valence-corrected chi connectivity index (χ4v) is 7.36. The predicted octanol–water partition coefficient (Wildman–Crippen LogP) is 9.10. The highest BCUT2D eigenvalue weighted by molar-refractivity contribution is 6.31. The molecule has 1 aromatic heterocycles. The SMILES string of the molecule is COc1c(C)cc(OC)c2c(O)c(-c3c(O)c4c(OC)cc(C)c(OC)c4c4c3oc3c4ccc4c(OC)c(C)cc(OC)c43)ccc12. The Morgan fingerprint density at radius 2 is 0.938 bits per heavy atom. The molecule has 0 aliphatic rings. The zero-order chi connectivity index (χ0) is 34.2. The maximum Gasteiger partial charge on any atom is 0.147 e. The van der Waals surface area contributed by atoms with Gasteiger partial charge in [0.1, 0.15) is 57.2 Å². The number of furan rings is 1. The molecule has 9 nitrogen and oxygen atoms in total. The number of aryl methyl sites for hydroxylation is 3. The van der Waals surface area contributed by atoms with E-state index >= 15 is 0 Å². The minimum absolute atomic E-state index is 0.114. The monoisotopic (exact) mass is 648 g/mol. The largest absolute Gasteiger partial charge is 0.507 e. The lowest BCUT2D eigenvalue weighted by atomic mass is 9.90. The van der Waals surface area contributed by atoms with Crippen molar-refractivity contribution < 1.29 is 43.1 Å². The lowest BCUT2D eigenvalue weighted by molar-refractivity contribution is 0.405. The van der Waals surface area contributed by atoms with Crippen molar-refractivity contribution in [2.75, 3.05) is 42.7 Å². The summed E-state index contributed by atoms with van der Waals surface area (Å²) in [5.41, 5.74) is 4.00. The van der Waals surface area contributed by atoms with E-state index in [1.807, 2.05) is 57.2 Å². The second kappa shape index (κ2) is 11.2. The van der Waals surface area contributed by atoms with Gasteiger partial charge in [0.25, 0.3) is 0 Å². The van der Waals surface area contributed by atoms with Gasteiger partial charge in [-0.2, -0.15) is 0 Å². The van der Waals surface area contributed by atoms with Crippen LogP contribution in [0.15, 0.2) is 46.9 Å². The number of ether oxygens (including phenoxy) is 6. The minimum atomic E-state index is -0.149. The molecule has 0 spiro atoms. The molecule has 2 N–H and O–H groups in total. The van der Waals surface area contributed by atoms with Gasteiger partial charge in [-0.05, 0) is 79.9 Å². The zero-order valence-corrected chi connectivity index (χ0v) is 28.3. The van der Waals surface area contributed by atoms with Crippen LogP contribution in [0, 0.1) is 20.8 Å². The molecule has 7 aromatic rings. The van der Waals surface area contributed by atoms with Gasteiger partial charge in [0, 0.05) is 32.5 Å². The number of aromatic hydroxyl groups is 2. The molecule has 9 heteroatoms. The summed E-state index contributed by atoms with van der Waals surface area (Å²) in [6, 6.07) is 13.1. The summed E-state index contributed by atoms with van der Waals surface area (Å²) in [6.45, 7) is 5.79. The average molecular weight is 649 g/mol. The summed E-state index contributed by atoms with van der Waals surface area (Å²) >= 11 is 0. The lowest BCUT2D eigenvalue weighted by Gasteiger charge is -2.19. The van der Waals surface area contributed by atoms with E-state index in [9.17, 15) is 10.2 Å². The van der Waals surface area contributed by atoms with Gasteiger partial charge in [0.05, 0.1) is 64.4 Å². The first kappa shape index (κ1) is 30.9. The van der Waals surface area contributed by atoms with Crippen LogP contribution < -0.4 is 28.4 Å². The number of phenols is 2. The van der Waals surface area contributed by atoms with Crippen LogP contribution >= 0.6 is 0 Å². The van der Waals surface area contributed by atoms with Crippen molar-refractivity contribution >= 4 is 54.3 Å². The molecule has 0 aliphatic carbocycles. The van der Waals surface area contributed by atoms with E-state index in [-0.39, 0.29) is 17.1 Å². The topological polar surface area (TPSA) is 109 Å². The highest BCUT2D eigenvalue weighted by Crippen LogP contribution is 2.57. The van der Waals surface area contributed by atoms with Gasteiger partial charge >= 0.3 is 0 Å². The van der Waals surface area contributed by atoms with Crippen LogP contribution in [0.5, 0.6) is 46.0 Å². The Balaban J connectivity index is 1.78. The third-order valence-electron chi connectivity index (χ3n) is 9.35. The van der Waals surface area contributed by atoms with Crippen molar-refractivity contribution in [3.8, 4) is 57.1 Å². The first-order valence-electron chi connectivity index (χ1n) is 15.3. The molecule has 0 unspecified atom stereocenters. The first-order valence-corrected chi connectivity index (χ1v) is 15.3. The Morgan fingerprint density at radius 1 is 0.458 bits per heavy atom. The molecule has 0 fully saturated rings. The smallest absolute Gasteiger partial charge is 0.147 e. The van der Waals surface area contributed by atoms with E-state index < -0.39 is 0 Å². The Kier molecular flexibility index (Phi) is 7.23. The number of fused-ring (bicyclic) bond motifs is 8. The summed E-state index contributed by atoms with van der Waals surface area (Å²) in [4.78, 5) is 0. The first-order chi connectivity index (χ1) is 23.1. The van der Waals surface area contributed by atoms with Crippen molar-refractivity contribution in [2.45, 2.75) is 20.8 Å². The van der Waals surface area contributed by atoms with E-state index in [4.69, 9.17) is 32.8 Å². The van der Waals surface area contributed by atoms with E-state index in [1.165, 1.54) is 0 Å². The Labute approximate surface area is 276 Å². The molecule has 1 heterocycles. The molecule has 0 amide bonds. The summed E-state index contributed by atoms with van der Waals surface area (Å²) in [5, 5.41) is 29.5. The Bertz CT molecular complexity index is 2470. The van der Waals surface area contributed by atoms with Gasteiger partial charge in [0.15, 0.2) is 0 Å². The molecule has 0 saturated carbocycles. The molecule has 0 saturated heterocycles. The fourth-order valence-electron chi connectivity index (χ4n) is 7.36. The highest BCUT2D eigenvalue weighted by Gasteiger charge is 2.30. The van der Waals surface area contributed by atoms with Crippen molar-refractivity contribution in [1.82, 2.24) is 0 Å². The molecule has 7 rings (SSSR count). The second-order valence-corrected chi connectivity index (χ2v) is 11.8. The van der Waals surface area contributed by atoms with E-state index in [0.717, 1.165) is 27.5 Å². The quantitative estimate of drug-likeness (QED) is 0.175. The van der Waals surface area contributed by atoms with Crippen LogP contribution in [0.2, 0.25) is 0 Å². The van der Waals surface area contributed by atoms with Crippen molar-refractivity contribution in [3.05, 3.63) is 59.2 Å². The van der Waals surface area contributed by atoms with Crippen LogP contribution in [0.4, 0.5) is 0 Å².